The number of carbonyl (C=O) groups excluding carboxylic acids is 3. The number of rotatable bonds is 18. The number of fused-ring (bicyclic) bond motifs is 1. The SMILES string of the molecule is CCCc1cc(C(=O)N2CCOC3(CCN(Cc4cccc(CCOCCC(=O)N(CCNCCc5ccc(O)c6c5OCC(=O)N6)C5CCCCC5)c4)CC3)C2)cs1. The summed E-state index contributed by atoms with van der Waals surface area (Å²) < 4.78 is 18.1. The van der Waals surface area contributed by atoms with Gasteiger partial charge in [-0.3, -0.25) is 19.3 Å². The highest BCUT2D eigenvalue weighted by molar-refractivity contribution is 7.10. The van der Waals surface area contributed by atoms with Crippen molar-refractivity contribution < 1.29 is 33.7 Å². The lowest BCUT2D eigenvalue weighted by Crippen LogP contribution is -2.57. The fourth-order valence-electron chi connectivity index (χ4n) is 9.09. The summed E-state index contributed by atoms with van der Waals surface area (Å²) in [6.45, 7) is 9.77. The maximum Gasteiger partial charge on any atom is 0.262 e. The van der Waals surface area contributed by atoms with Gasteiger partial charge in [0.25, 0.3) is 11.8 Å². The van der Waals surface area contributed by atoms with Crippen molar-refractivity contribution in [1.29, 1.82) is 0 Å². The van der Waals surface area contributed by atoms with Gasteiger partial charge in [-0.1, -0.05) is 62.9 Å². The van der Waals surface area contributed by atoms with Crippen LogP contribution >= 0.6 is 11.3 Å². The molecule has 0 atom stereocenters. The monoisotopic (exact) mass is 829 g/mol. The van der Waals surface area contributed by atoms with Crippen LogP contribution in [0, 0.1) is 0 Å². The molecule has 4 heterocycles. The Morgan fingerprint density at radius 2 is 1.85 bits per heavy atom. The predicted molar refractivity (Wildman–Crippen MR) is 230 cm³/mol. The largest absolute Gasteiger partial charge is 0.506 e. The zero-order valence-electron chi connectivity index (χ0n) is 34.8. The molecule has 3 aliphatic heterocycles. The zero-order chi connectivity index (χ0) is 41.0. The maximum absolute atomic E-state index is 13.6. The van der Waals surface area contributed by atoms with E-state index in [9.17, 15) is 19.5 Å². The molecule has 0 radical (unpaired) electrons. The van der Waals surface area contributed by atoms with Gasteiger partial charge >= 0.3 is 0 Å². The van der Waals surface area contributed by atoms with E-state index in [0.29, 0.717) is 76.8 Å². The molecule has 0 unspecified atom stereocenters. The van der Waals surface area contributed by atoms with Crippen molar-refractivity contribution in [2.75, 3.05) is 77.6 Å². The first-order valence-corrected chi connectivity index (χ1v) is 22.8. The topological polar surface area (TPSA) is 133 Å². The third kappa shape index (κ3) is 11.6. The second-order valence-electron chi connectivity index (χ2n) is 16.7. The second kappa shape index (κ2) is 21.0. The Morgan fingerprint density at radius 3 is 2.68 bits per heavy atom. The summed E-state index contributed by atoms with van der Waals surface area (Å²) in [5.74, 6) is 0.539. The number of carbonyl (C=O) groups is 3. The van der Waals surface area contributed by atoms with Gasteiger partial charge < -0.3 is 39.8 Å². The van der Waals surface area contributed by atoms with E-state index in [1.165, 1.54) is 22.4 Å². The molecular formula is C46H63N5O7S. The smallest absolute Gasteiger partial charge is 0.262 e. The van der Waals surface area contributed by atoms with Gasteiger partial charge in [0.2, 0.25) is 5.91 Å². The van der Waals surface area contributed by atoms with Gasteiger partial charge in [-0.15, -0.1) is 11.3 Å². The van der Waals surface area contributed by atoms with Crippen molar-refractivity contribution in [3.8, 4) is 11.5 Å². The fourth-order valence-corrected chi connectivity index (χ4v) is 10.1. The van der Waals surface area contributed by atoms with Crippen molar-refractivity contribution in [2.45, 2.75) is 102 Å². The van der Waals surface area contributed by atoms with Gasteiger partial charge in [0.15, 0.2) is 12.4 Å². The summed E-state index contributed by atoms with van der Waals surface area (Å²) in [5.41, 5.74) is 4.34. The number of phenolic OH excluding ortho intramolecular Hbond substituents is 1. The van der Waals surface area contributed by atoms with Crippen LogP contribution in [0.5, 0.6) is 11.5 Å². The average molecular weight is 830 g/mol. The van der Waals surface area contributed by atoms with Crippen molar-refractivity contribution in [3.63, 3.8) is 0 Å². The molecule has 13 heteroatoms. The Bertz CT molecular complexity index is 1870. The molecule has 3 amide bonds. The zero-order valence-corrected chi connectivity index (χ0v) is 35.6. The highest BCUT2D eigenvalue weighted by Gasteiger charge is 2.41. The lowest BCUT2D eigenvalue weighted by Gasteiger charge is -2.47. The van der Waals surface area contributed by atoms with Crippen molar-refractivity contribution >= 4 is 34.7 Å². The number of likely N-dealkylation sites (tertiary alicyclic amines) is 1. The molecule has 7 rings (SSSR count). The summed E-state index contributed by atoms with van der Waals surface area (Å²) >= 11 is 1.69. The Morgan fingerprint density at radius 1 is 1.02 bits per heavy atom. The first-order chi connectivity index (χ1) is 28.8. The average Bonchev–Trinajstić information content (AvgIpc) is 3.73. The van der Waals surface area contributed by atoms with E-state index in [1.54, 1.807) is 17.4 Å². The Labute approximate surface area is 353 Å². The fraction of sp³-hybridized carbons (Fsp3) is 0.587. The number of aromatic hydroxyl groups is 1. The number of aryl methyl sites for hydroxylation is 1. The molecule has 3 fully saturated rings. The number of nitrogens with one attached hydrogen (secondary N) is 2. The maximum atomic E-state index is 13.6. The molecule has 1 saturated carbocycles. The molecule has 1 aromatic heterocycles. The Kier molecular flexibility index (Phi) is 15.3. The number of morpholine rings is 1. The lowest BCUT2D eigenvalue weighted by molar-refractivity contribution is -0.135. The van der Waals surface area contributed by atoms with Crippen LogP contribution in [-0.4, -0.2) is 121 Å². The van der Waals surface area contributed by atoms with Gasteiger partial charge in [-0.25, -0.2) is 0 Å². The molecule has 1 aliphatic carbocycles. The Balaban J connectivity index is 0.809. The number of hydrogen-bond donors (Lipinski definition) is 3. The van der Waals surface area contributed by atoms with E-state index in [-0.39, 0.29) is 41.7 Å². The lowest BCUT2D eigenvalue weighted by atomic mass is 9.89. The number of ether oxygens (including phenoxy) is 3. The number of anilines is 1. The molecular weight excluding hydrogens is 767 g/mol. The van der Waals surface area contributed by atoms with Gasteiger partial charge in [-0.2, -0.15) is 0 Å². The number of piperidine rings is 1. The minimum atomic E-state index is -0.278. The molecule has 320 valence electrons. The van der Waals surface area contributed by atoms with Crippen molar-refractivity contribution in [3.05, 3.63) is 75.0 Å². The number of hydrogen-bond acceptors (Lipinski definition) is 10. The molecule has 0 bridgehead atoms. The van der Waals surface area contributed by atoms with Crippen LogP contribution in [-0.2, 0) is 44.9 Å². The van der Waals surface area contributed by atoms with Crippen LogP contribution in [0.1, 0.15) is 96.6 Å². The van der Waals surface area contributed by atoms with E-state index in [1.807, 2.05) is 16.3 Å². The quantitative estimate of drug-likeness (QED) is 0.102. The van der Waals surface area contributed by atoms with E-state index in [4.69, 9.17) is 14.2 Å². The van der Waals surface area contributed by atoms with E-state index in [0.717, 1.165) is 88.5 Å². The van der Waals surface area contributed by atoms with E-state index < -0.39 is 0 Å². The molecule has 12 nitrogen and oxygen atoms in total. The third-order valence-corrected chi connectivity index (χ3v) is 13.4. The highest BCUT2D eigenvalue weighted by Crippen LogP contribution is 2.39. The summed E-state index contributed by atoms with van der Waals surface area (Å²) in [6, 6.07) is 14.5. The van der Waals surface area contributed by atoms with Crippen molar-refractivity contribution in [2.24, 2.45) is 0 Å². The predicted octanol–water partition coefficient (Wildman–Crippen LogP) is 6.19. The minimum Gasteiger partial charge on any atom is -0.506 e. The molecule has 2 aromatic carbocycles. The molecule has 2 saturated heterocycles. The van der Waals surface area contributed by atoms with Gasteiger partial charge in [0, 0.05) is 55.6 Å². The molecule has 4 aliphatic rings. The van der Waals surface area contributed by atoms with Crippen LogP contribution in [0.2, 0.25) is 0 Å². The van der Waals surface area contributed by atoms with Crippen LogP contribution in [0.15, 0.2) is 47.8 Å². The summed E-state index contributed by atoms with van der Waals surface area (Å²) in [4.78, 5) is 46.5. The van der Waals surface area contributed by atoms with E-state index in [2.05, 4.69) is 57.7 Å². The molecule has 3 aromatic rings. The number of phenols is 1. The first-order valence-electron chi connectivity index (χ1n) is 22.0. The summed E-state index contributed by atoms with van der Waals surface area (Å²) in [6.07, 6.45) is 11.4. The van der Waals surface area contributed by atoms with Crippen LogP contribution in [0.3, 0.4) is 0 Å². The third-order valence-electron chi connectivity index (χ3n) is 12.4. The normalized spacial score (nSPS) is 18.3. The summed E-state index contributed by atoms with van der Waals surface area (Å²) in [5, 5.41) is 18.4. The standard InChI is InChI=1S/C46H63N5O7S/c1-2-7-39-29-37(32-59-39)45(55)50-24-27-58-46(33-50)17-21-49(22-18-46)30-35-9-6-8-34(28-35)15-25-56-26-16-42(54)51(38-10-4-3-5-11-38)23-20-47-19-14-36-12-13-40(52)43-44(36)57-31-41(53)48-43/h6,8-9,12-13,28-29,32,38,47,52H,2-5,7,10-11,14-27,30-31,33H2,1H3,(H,48,53). The Hall–Kier alpha value is -4.01. The molecule has 59 heavy (non-hydrogen) atoms. The van der Waals surface area contributed by atoms with Crippen LogP contribution in [0.4, 0.5) is 5.69 Å². The van der Waals surface area contributed by atoms with Crippen LogP contribution < -0.4 is 15.4 Å². The number of benzene rings is 2. The summed E-state index contributed by atoms with van der Waals surface area (Å²) in [7, 11) is 0. The van der Waals surface area contributed by atoms with Gasteiger partial charge in [0.05, 0.1) is 44.0 Å². The van der Waals surface area contributed by atoms with Gasteiger partial charge in [0.1, 0.15) is 11.4 Å². The molecule has 3 N–H and O–H groups in total. The number of amides is 3. The molecule has 1 spiro atoms. The number of thiophene rings is 1. The second-order valence-corrected chi connectivity index (χ2v) is 17.7. The number of nitrogens with zero attached hydrogens (tertiary/aromatic N) is 3. The highest BCUT2D eigenvalue weighted by atomic mass is 32.1. The van der Waals surface area contributed by atoms with E-state index >= 15 is 0 Å². The van der Waals surface area contributed by atoms with Gasteiger partial charge in [-0.05, 0) is 80.3 Å². The first kappa shape index (κ1) is 43.1. The minimum absolute atomic E-state index is 0.00277. The van der Waals surface area contributed by atoms with Crippen molar-refractivity contribution in [1.82, 2.24) is 20.0 Å². The van der Waals surface area contributed by atoms with Crippen LogP contribution in [0.25, 0.3) is 0 Å².